The monoisotopic (exact) mass is 203 g/mol. The Morgan fingerprint density at radius 3 is 3.07 bits per heavy atom. The summed E-state index contributed by atoms with van der Waals surface area (Å²) in [6.07, 6.45) is 1.54. The highest BCUT2D eigenvalue weighted by Crippen LogP contribution is 2.31. The van der Waals surface area contributed by atoms with Gasteiger partial charge in [0.05, 0.1) is 12.1 Å². The third kappa shape index (κ3) is 1.73. The van der Waals surface area contributed by atoms with Gasteiger partial charge in [-0.3, -0.25) is 0 Å². The first-order valence-electron chi connectivity index (χ1n) is 5.02. The number of pyridine rings is 1. The maximum Gasteiger partial charge on any atom is 0.237 e. The van der Waals surface area contributed by atoms with Crippen LogP contribution in [0.15, 0.2) is 12.3 Å². The summed E-state index contributed by atoms with van der Waals surface area (Å²) in [5, 5.41) is 8.81. The van der Waals surface area contributed by atoms with Crippen molar-refractivity contribution in [2.75, 3.05) is 18.1 Å². The maximum absolute atomic E-state index is 8.81. The van der Waals surface area contributed by atoms with Gasteiger partial charge < -0.3 is 9.64 Å². The van der Waals surface area contributed by atoms with Crippen LogP contribution in [0, 0.1) is 11.3 Å². The van der Waals surface area contributed by atoms with Crippen LogP contribution < -0.4 is 9.64 Å². The van der Waals surface area contributed by atoms with Gasteiger partial charge in [0.2, 0.25) is 5.88 Å². The molecule has 2 rings (SSSR count). The summed E-state index contributed by atoms with van der Waals surface area (Å²) in [5.41, 5.74) is 1.50. The largest absolute Gasteiger partial charge is 0.474 e. The zero-order valence-corrected chi connectivity index (χ0v) is 8.90. The smallest absolute Gasteiger partial charge is 0.237 e. The highest BCUT2D eigenvalue weighted by Gasteiger charge is 2.21. The third-order valence-corrected chi connectivity index (χ3v) is 2.47. The summed E-state index contributed by atoms with van der Waals surface area (Å²) in [4.78, 5) is 6.34. The van der Waals surface area contributed by atoms with Crippen molar-refractivity contribution in [3.63, 3.8) is 0 Å². The van der Waals surface area contributed by atoms with Gasteiger partial charge in [-0.15, -0.1) is 0 Å². The van der Waals surface area contributed by atoms with Gasteiger partial charge >= 0.3 is 0 Å². The Labute approximate surface area is 89.1 Å². The van der Waals surface area contributed by atoms with E-state index in [0.29, 0.717) is 24.1 Å². The number of anilines is 1. The number of aromatic nitrogens is 1. The van der Waals surface area contributed by atoms with Crippen molar-refractivity contribution < 1.29 is 4.74 Å². The van der Waals surface area contributed by atoms with Crippen molar-refractivity contribution in [3.05, 3.63) is 17.8 Å². The van der Waals surface area contributed by atoms with E-state index in [1.165, 1.54) is 0 Å². The highest BCUT2D eigenvalue weighted by molar-refractivity contribution is 5.59. The lowest BCUT2D eigenvalue weighted by Gasteiger charge is -2.33. The summed E-state index contributed by atoms with van der Waals surface area (Å²) in [6.45, 7) is 5.74. The second kappa shape index (κ2) is 3.77. The molecule has 0 amide bonds. The second-order valence-corrected chi connectivity index (χ2v) is 3.80. The summed E-state index contributed by atoms with van der Waals surface area (Å²) in [7, 11) is 0. The number of nitrogens with zero attached hydrogens (tertiary/aromatic N) is 3. The molecule has 0 bridgehead atoms. The Morgan fingerprint density at radius 2 is 2.40 bits per heavy atom. The molecule has 0 unspecified atom stereocenters. The van der Waals surface area contributed by atoms with Crippen molar-refractivity contribution in [1.29, 1.82) is 5.26 Å². The van der Waals surface area contributed by atoms with Crippen LogP contribution in [0.1, 0.15) is 19.4 Å². The Bertz CT molecular complexity index is 409. The maximum atomic E-state index is 8.81. The predicted molar refractivity (Wildman–Crippen MR) is 56.9 cm³/mol. The molecule has 0 saturated carbocycles. The normalized spacial score (nSPS) is 14.4. The van der Waals surface area contributed by atoms with Crippen molar-refractivity contribution in [2.45, 2.75) is 19.9 Å². The van der Waals surface area contributed by atoms with E-state index in [-0.39, 0.29) is 0 Å². The Kier molecular flexibility index (Phi) is 2.46. The van der Waals surface area contributed by atoms with Crippen LogP contribution in [0.4, 0.5) is 5.69 Å². The van der Waals surface area contributed by atoms with Crippen molar-refractivity contribution in [1.82, 2.24) is 4.98 Å². The van der Waals surface area contributed by atoms with Crippen LogP contribution in [0.5, 0.6) is 5.88 Å². The molecule has 1 aliphatic rings. The predicted octanol–water partition coefficient (Wildman–Crippen LogP) is 1.56. The number of rotatable bonds is 1. The van der Waals surface area contributed by atoms with Gasteiger partial charge in [0.15, 0.2) is 0 Å². The lowest BCUT2D eigenvalue weighted by Crippen LogP contribution is -2.38. The van der Waals surface area contributed by atoms with Crippen LogP contribution >= 0.6 is 0 Å². The van der Waals surface area contributed by atoms with E-state index in [2.05, 4.69) is 29.8 Å². The molecule has 0 atom stereocenters. The number of hydrogen-bond acceptors (Lipinski definition) is 4. The molecule has 0 fully saturated rings. The molecule has 4 heteroatoms. The number of ether oxygens (including phenoxy) is 1. The number of hydrogen-bond donors (Lipinski definition) is 0. The minimum Gasteiger partial charge on any atom is -0.474 e. The molecule has 0 spiro atoms. The Balaban J connectivity index is 2.45. The molecular formula is C11H13N3O. The summed E-state index contributed by atoms with van der Waals surface area (Å²) >= 11 is 0. The van der Waals surface area contributed by atoms with E-state index in [9.17, 15) is 0 Å². The van der Waals surface area contributed by atoms with E-state index in [1.807, 2.05) is 6.07 Å². The molecule has 1 aromatic heterocycles. The van der Waals surface area contributed by atoms with E-state index in [4.69, 9.17) is 10.00 Å². The fourth-order valence-electron chi connectivity index (χ4n) is 1.72. The fraction of sp³-hybridized carbons (Fsp3) is 0.455. The fourth-order valence-corrected chi connectivity index (χ4v) is 1.72. The molecule has 4 nitrogen and oxygen atoms in total. The molecule has 0 aromatic carbocycles. The first-order valence-corrected chi connectivity index (χ1v) is 5.02. The van der Waals surface area contributed by atoms with Crippen molar-refractivity contribution >= 4 is 5.69 Å². The van der Waals surface area contributed by atoms with Gasteiger partial charge in [0.25, 0.3) is 0 Å². The number of nitriles is 1. The van der Waals surface area contributed by atoms with Gasteiger partial charge in [-0.05, 0) is 19.9 Å². The number of fused-ring (bicyclic) bond motifs is 1. The topological polar surface area (TPSA) is 49.1 Å². The Hall–Kier alpha value is -1.76. The molecule has 0 aliphatic carbocycles. The third-order valence-electron chi connectivity index (χ3n) is 2.47. The van der Waals surface area contributed by atoms with Crippen LogP contribution in [0.2, 0.25) is 0 Å². The first-order chi connectivity index (χ1) is 7.22. The van der Waals surface area contributed by atoms with Crippen LogP contribution in [0.25, 0.3) is 0 Å². The lowest BCUT2D eigenvalue weighted by molar-refractivity contribution is 0.291. The molecule has 15 heavy (non-hydrogen) atoms. The molecular weight excluding hydrogens is 190 g/mol. The van der Waals surface area contributed by atoms with E-state index < -0.39 is 0 Å². The van der Waals surface area contributed by atoms with Gasteiger partial charge in [0.1, 0.15) is 18.4 Å². The minimum absolute atomic E-state index is 0.392. The highest BCUT2D eigenvalue weighted by atomic mass is 16.5. The SMILES string of the molecule is CC(C)N1CCOc2ncc(C#N)cc21. The van der Waals surface area contributed by atoms with Crippen LogP contribution in [0.3, 0.4) is 0 Å². The molecule has 2 heterocycles. The van der Waals surface area contributed by atoms with E-state index >= 15 is 0 Å². The van der Waals surface area contributed by atoms with E-state index in [1.54, 1.807) is 6.20 Å². The molecule has 1 aromatic rings. The average molecular weight is 203 g/mol. The van der Waals surface area contributed by atoms with Gasteiger partial charge in [-0.1, -0.05) is 0 Å². The zero-order valence-electron chi connectivity index (χ0n) is 8.90. The average Bonchev–Trinajstić information content (AvgIpc) is 2.27. The van der Waals surface area contributed by atoms with Crippen molar-refractivity contribution in [3.8, 4) is 11.9 Å². The quantitative estimate of drug-likeness (QED) is 0.695. The summed E-state index contributed by atoms with van der Waals surface area (Å²) in [6, 6.07) is 4.32. The lowest BCUT2D eigenvalue weighted by atomic mass is 10.2. The van der Waals surface area contributed by atoms with Crippen LogP contribution in [-0.2, 0) is 0 Å². The molecule has 78 valence electrons. The first kappa shape index (κ1) is 9.78. The van der Waals surface area contributed by atoms with Crippen LogP contribution in [-0.4, -0.2) is 24.2 Å². The van der Waals surface area contributed by atoms with Gasteiger partial charge in [-0.2, -0.15) is 5.26 Å². The second-order valence-electron chi connectivity index (χ2n) is 3.80. The summed E-state index contributed by atoms with van der Waals surface area (Å²) in [5.74, 6) is 0.633. The van der Waals surface area contributed by atoms with E-state index in [0.717, 1.165) is 12.2 Å². The minimum atomic E-state index is 0.392. The van der Waals surface area contributed by atoms with Gasteiger partial charge in [-0.25, -0.2) is 4.98 Å². The van der Waals surface area contributed by atoms with Gasteiger partial charge in [0, 0.05) is 12.2 Å². The van der Waals surface area contributed by atoms with Crippen molar-refractivity contribution in [2.24, 2.45) is 0 Å². The standard InChI is InChI=1S/C11H13N3O/c1-8(2)14-3-4-15-11-10(14)5-9(6-12)7-13-11/h5,7-8H,3-4H2,1-2H3. The molecule has 0 radical (unpaired) electrons. The summed E-state index contributed by atoms with van der Waals surface area (Å²) < 4.78 is 5.44. The molecule has 0 N–H and O–H groups in total. The molecule has 0 saturated heterocycles. The zero-order chi connectivity index (χ0) is 10.8. The molecule has 1 aliphatic heterocycles. The Morgan fingerprint density at radius 1 is 1.60 bits per heavy atom.